The lowest BCUT2D eigenvalue weighted by molar-refractivity contribution is 0.0691. The van der Waals surface area contributed by atoms with E-state index in [0.29, 0.717) is 5.82 Å². The maximum Gasteiger partial charge on any atom is 0.356 e. The molecule has 1 N–H and O–H groups in total. The number of nitrogens with zero attached hydrogens (tertiary/aromatic N) is 4. The van der Waals surface area contributed by atoms with Crippen molar-refractivity contribution >= 4 is 11.8 Å². The van der Waals surface area contributed by atoms with Crippen LogP contribution in [0.5, 0.6) is 0 Å². The van der Waals surface area contributed by atoms with Crippen LogP contribution in [-0.4, -0.2) is 63.7 Å². The number of carboxylic acid groups (broad SMARTS) is 1. The van der Waals surface area contributed by atoms with Crippen molar-refractivity contribution in [2.75, 3.05) is 33.2 Å². The van der Waals surface area contributed by atoms with E-state index in [9.17, 15) is 4.79 Å². The van der Waals surface area contributed by atoms with Gasteiger partial charge in [0.2, 0.25) is 0 Å². The van der Waals surface area contributed by atoms with Crippen LogP contribution in [-0.2, 0) is 0 Å². The molecule has 1 aliphatic rings. The second kappa shape index (κ2) is 5.92. The number of likely N-dealkylation sites (N-methyl/N-ethyl adjacent to an activating group) is 1. The molecule has 6 heteroatoms. The van der Waals surface area contributed by atoms with E-state index in [4.69, 9.17) is 5.11 Å². The van der Waals surface area contributed by atoms with Crippen LogP contribution in [0, 0.1) is 6.92 Å². The van der Waals surface area contributed by atoms with Crippen LogP contribution in [0.2, 0.25) is 0 Å². The van der Waals surface area contributed by atoms with Gasteiger partial charge in [-0.15, -0.1) is 0 Å². The topological polar surface area (TPSA) is 61.6 Å². The number of rotatable bonds is 4. The fourth-order valence-electron chi connectivity index (χ4n) is 2.29. The molecular formula is C14H20N4O2. The summed E-state index contributed by atoms with van der Waals surface area (Å²) in [6.07, 6.45) is 5.17. The Labute approximate surface area is 118 Å². The molecule has 0 amide bonds. The fourth-order valence-corrected chi connectivity index (χ4v) is 2.29. The van der Waals surface area contributed by atoms with Gasteiger partial charge >= 0.3 is 5.97 Å². The summed E-state index contributed by atoms with van der Waals surface area (Å²) in [4.78, 5) is 19.6. The molecule has 0 aliphatic carbocycles. The number of hydrogen-bond donors (Lipinski definition) is 1. The van der Waals surface area contributed by atoms with Crippen LogP contribution in [0.3, 0.4) is 0 Å². The third kappa shape index (κ3) is 2.91. The van der Waals surface area contributed by atoms with Crippen LogP contribution in [0.4, 0.5) is 0 Å². The Balaban J connectivity index is 2.32. The van der Waals surface area contributed by atoms with Gasteiger partial charge in [0.25, 0.3) is 0 Å². The average molecular weight is 276 g/mol. The van der Waals surface area contributed by atoms with Crippen molar-refractivity contribution in [3.63, 3.8) is 0 Å². The first-order chi connectivity index (χ1) is 9.52. The SMILES string of the molecule is C=C/C=C(/N1CCN(C)CC1)n1cc(C(=O)O)nc1C. The first-order valence-corrected chi connectivity index (χ1v) is 6.59. The zero-order chi connectivity index (χ0) is 14.7. The van der Waals surface area contributed by atoms with Crippen molar-refractivity contribution in [3.05, 3.63) is 36.4 Å². The lowest BCUT2D eigenvalue weighted by atomic mass is 10.3. The number of hydrogen-bond acceptors (Lipinski definition) is 4. The maximum absolute atomic E-state index is 11.0. The average Bonchev–Trinajstić information content (AvgIpc) is 2.79. The zero-order valence-electron chi connectivity index (χ0n) is 11.9. The minimum atomic E-state index is -1.01. The second-order valence-electron chi connectivity index (χ2n) is 4.90. The van der Waals surface area contributed by atoms with Crippen molar-refractivity contribution in [2.24, 2.45) is 0 Å². The highest BCUT2D eigenvalue weighted by atomic mass is 16.4. The summed E-state index contributed by atoms with van der Waals surface area (Å²) in [6.45, 7) is 9.31. The molecule has 2 rings (SSSR count). The summed E-state index contributed by atoms with van der Waals surface area (Å²) < 4.78 is 1.82. The first kappa shape index (κ1) is 14.3. The fraction of sp³-hybridized carbons (Fsp3) is 0.429. The van der Waals surface area contributed by atoms with Gasteiger partial charge in [-0.05, 0) is 20.0 Å². The highest BCUT2D eigenvalue weighted by Gasteiger charge is 2.20. The molecule has 0 saturated carbocycles. The third-order valence-corrected chi connectivity index (χ3v) is 3.44. The molecule has 1 saturated heterocycles. The lowest BCUT2D eigenvalue weighted by Crippen LogP contribution is -2.44. The highest BCUT2D eigenvalue weighted by Crippen LogP contribution is 2.17. The van der Waals surface area contributed by atoms with Gasteiger partial charge in [-0.2, -0.15) is 0 Å². The van der Waals surface area contributed by atoms with Gasteiger partial charge < -0.3 is 14.9 Å². The van der Waals surface area contributed by atoms with Gasteiger partial charge in [0, 0.05) is 32.4 Å². The van der Waals surface area contributed by atoms with Crippen LogP contribution in [0.1, 0.15) is 16.3 Å². The number of imidazole rings is 1. The van der Waals surface area contributed by atoms with E-state index < -0.39 is 5.97 Å². The van der Waals surface area contributed by atoms with E-state index in [-0.39, 0.29) is 5.69 Å². The summed E-state index contributed by atoms with van der Waals surface area (Å²) in [6, 6.07) is 0. The molecule has 1 aromatic rings. The number of carbonyl (C=O) groups is 1. The van der Waals surface area contributed by atoms with E-state index in [2.05, 4.69) is 28.4 Å². The van der Waals surface area contributed by atoms with Crippen LogP contribution in [0.25, 0.3) is 5.82 Å². The maximum atomic E-state index is 11.0. The lowest BCUT2D eigenvalue weighted by Gasteiger charge is -2.35. The molecule has 20 heavy (non-hydrogen) atoms. The molecule has 2 heterocycles. The van der Waals surface area contributed by atoms with Gasteiger partial charge in [0.15, 0.2) is 5.69 Å². The predicted molar refractivity (Wildman–Crippen MR) is 77.5 cm³/mol. The van der Waals surface area contributed by atoms with E-state index in [1.807, 2.05) is 10.6 Å². The molecule has 0 radical (unpaired) electrons. The highest BCUT2D eigenvalue weighted by molar-refractivity contribution is 5.85. The number of aryl methyl sites for hydroxylation is 1. The summed E-state index contributed by atoms with van der Waals surface area (Å²) in [5, 5.41) is 9.04. The zero-order valence-corrected chi connectivity index (χ0v) is 11.9. The number of carboxylic acids is 1. The summed E-state index contributed by atoms with van der Waals surface area (Å²) in [7, 11) is 2.10. The van der Waals surface area contributed by atoms with Gasteiger partial charge in [0.05, 0.1) is 0 Å². The molecule has 0 spiro atoms. The van der Waals surface area contributed by atoms with E-state index in [1.54, 1.807) is 19.2 Å². The normalized spacial score (nSPS) is 17.3. The Kier molecular flexibility index (Phi) is 4.24. The van der Waals surface area contributed by atoms with Gasteiger partial charge in [-0.3, -0.25) is 4.57 Å². The quantitative estimate of drug-likeness (QED) is 0.835. The molecule has 1 aliphatic heterocycles. The van der Waals surface area contributed by atoms with Gasteiger partial charge in [-0.25, -0.2) is 9.78 Å². The Hall–Kier alpha value is -2.08. The summed E-state index contributed by atoms with van der Waals surface area (Å²) >= 11 is 0. The Morgan fingerprint density at radius 1 is 1.40 bits per heavy atom. The standard InChI is InChI=1S/C14H20N4O2/c1-4-5-13(17-8-6-16(3)7-9-17)18-10-12(14(19)20)15-11(18)2/h4-5,10H,1,6-9H2,2-3H3,(H,19,20)/b13-5-. The molecule has 0 atom stereocenters. The van der Waals surface area contributed by atoms with E-state index >= 15 is 0 Å². The molecule has 1 fully saturated rings. The number of aromatic nitrogens is 2. The Morgan fingerprint density at radius 3 is 2.55 bits per heavy atom. The van der Waals surface area contributed by atoms with Gasteiger partial charge in [0.1, 0.15) is 11.6 Å². The van der Waals surface area contributed by atoms with Gasteiger partial charge in [-0.1, -0.05) is 12.7 Å². The molecule has 0 bridgehead atoms. The summed E-state index contributed by atoms with van der Waals surface area (Å²) in [5.74, 6) is 0.572. The van der Waals surface area contributed by atoms with Crippen molar-refractivity contribution < 1.29 is 9.90 Å². The largest absolute Gasteiger partial charge is 0.476 e. The van der Waals surface area contributed by atoms with E-state index in [1.165, 1.54) is 0 Å². The predicted octanol–water partition coefficient (Wildman–Crippen LogP) is 1.12. The minimum Gasteiger partial charge on any atom is -0.476 e. The van der Waals surface area contributed by atoms with Crippen molar-refractivity contribution in [1.29, 1.82) is 0 Å². The molecule has 1 aromatic heterocycles. The second-order valence-corrected chi connectivity index (χ2v) is 4.90. The third-order valence-electron chi connectivity index (χ3n) is 3.44. The smallest absolute Gasteiger partial charge is 0.356 e. The van der Waals surface area contributed by atoms with E-state index in [0.717, 1.165) is 32.0 Å². The minimum absolute atomic E-state index is 0.0617. The van der Waals surface area contributed by atoms with Crippen LogP contribution < -0.4 is 0 Å². The van der Waals surface area contributed by atoms with Crippen molar-refractivity contribution in [2.45, 2.75) is 6.92 Å². The van der Waals surface area contributed by atoms with Crippen LogP contribution in [0.15, 0.2) is 24.9 Å². The van der Waals surface area contributed by atoms with Crippen LogP contribution >= 0.6 is 0 Å². The Morgan fingerprint density at radius 2 is 2.05 bits per heavy atom. The first-order valence-electron chi connectivity index (χ1n) is 6.59. The molecule has 108 valence electrons. The van der Waals surface area contributed by atoms with Crippen molar-refractivity contribution in [1.82, 2.24) is 19.4 Å². The number of aromatic carboxylic acids is 1. The Bertz CT molecular complexity index is 539. The summed E-state index contributed by atoms with van der Waals surface area (Å²) in [5.41, 5.74) is 0.0617. The number of piperazine rings is 1. The number of allylic oxidation sites excluding steroid dienone is 2. The molecule has 0 aromatic carbocycles. The van der Waals surface area contributed by atoms with Crippen molar-refractivity contribution in [3.8, 4) is 0 Å². The monoisotopic (exact) mass is 276 g/mol. The molecule has 6 nitrogen and oxygen atoms in total. The molecule has 0 unspecified atom stereocenters. The molecular weight excluding hydrogens is 256 g/mol.